The Morgan fingerprint density at radius 2 is 2.31 bits per heavy atom. The summed E-state index contributed by atoms with van der Waals surface area (Å²) >= 11 is 5.59. The number of aryl methyl sites for hydroxylation is 1. The molecule has 0 aliphatic rings. The Kier molecular flexibility index (Phi) is 2.45. The van der Waals surface area contributed by atoms with E-state index >= 15 is 0 Å². The summed E-state index contributed by atoms with van der Waals surface area (Å²) in [5, 5.41) is 4.30. The molecule has 0 amide bonds. The van der Waals surface area contributed by atoms with E-state index in [1.165, 1.54) is 0 Å². The summed E-state index contributed by atoms with van der Waals surface area (Å²) in [4.78, 5) is 4.34. The predicted octanol–water partition coefficient (Wildman–Crippen LogP) is 1.90. The van der Waals surface area contributed by atoms with Crippen molar-refractivity contribution in [3.63, 3.8) is 0 Å². The third-order valence-electron chi connectivity index (χ3n) is 1.82. The number of fused-ring (bicyclic) bond motifs is 1. The maximum absolute atomic E-state index is 5.59. The van der Waals surface area contributed by atoms with Crippen molar-refractivity contribution in [3.8, 4) is 0 Å². The molecular weight excluding hydrogens is 186 g/mol. The van der Waals surface area contributed by atoms with E-state index in [1.807, 2.05) is 24.4 Å². The highest BCUT2D eigenvalue weighted by molar-refractivity contribution is 6.17. The van der Waals surface area contributed by atoms with Gasteiger partial charge in [0.05, 0.1) is 0 Å². The maximum Gasteiger partial charge on any atom is 0.155 e. The fraction of sp³-hybridized carbons (Fsp3) is 0.333. The highest BCUT2D eigenvalue weighted by Crippen LogP contribution is 2.02. The van der Waals surface area contributed by atoms with Crippen molar-refractivity contribution >= 4 is 17.2 Å². The third-order valence-corrected chi connectivity index (χ3v) is 2.09. The molecule has 0 aliphatic carbocycles. The van der Waals surface area contributed by atoms with Gasteiger partial charge in [-0.1, -0.05) is 6.07 Å². The van der Waals surface area contributed by atoms with Gasteiger partial charge in [-0.2, -0.15) is 5.10 Å². The number of aromatic nitrogens is 3. The zero-order valence-electron chi connectivity index (χ0n) is 7.15. The second-order valence-corrected chi connectivity index (χ2v) is 3.20. The highest BCUT2D eigenvalue weighted by atomic mass is 35.5. The molecule has 0 saturated heterocycles. The zero-order valence-corrected chi connectivity index (χ0v) is 7.91. The average Bonchev–Trinajstić information content (AvgIpc) is 2.57. The Balaban J connectivity index is 2.28. The first-order valence-corrected chi connectivity index (χ1v) is 4.80. The first kappa shape index (κ1) is 8.51. The van der Waals surface area contributed by atoms with E-state index in [2.05, 4.69) is 10.1 Å². The lowest BCUT2D eigenvalue weighted by Crippen LogP contribution is -1.90. The van der Waals surface area contributed by atoms with E-state index in [4.69, 9.17) is 11.6 Å². The van der Waals surface area contributed by atoms with Crippen LogP contribution < -0.4 is 0 Å². The fourth-order valence-corrected chi connectivity index (χ4v) is 1.34. The lowest BCUT2D eigenvalue weighted by molar-refractivity contribution is 0.822. The summed E-state index contributed by atoms with van der Waals surface area (Å²) in [6, 6.07) is 5.83. The van der Waals surface area contributed by atoms with Crippen LogP contribution in [-0.2, 0) is 6.42 Å². The monoisotopic (exact) mass is 195 g/mol. The van der Waals surface area contributed by atoms with Crippen molar-refractivity contribution in [2.45, 2.75) is 12.8 Å². The number of rotatable bonds is 3. The minimum atomic E-state index is 0.662. The van der Waals surface area contributed by atoms with Crippen LogP contribution in [0.25, 0.3) is 5.65 Å². The van der Waals surface area contributed by atoms with Crippen LogP contribution in [0.3, 0.4) is 0 Å². The quantitative estimate of drug-likeness (QED) is 0.701. The molecule has 0 atom stereocenters. The molecule has 0 aliphatic heterocycles. The van der Waals surface area contributed by atoms with E-state index in [0.29, 0.717) is 5.88 Å². The molecule has 0 N–H and O–H groups in total. The first-order chi connectivity index (χ1) is 6.40. The smallest absolute Gasteiger partial charge is 0.155 e. The van der Waals surface area contributed by atoms with Crippen molar-refractivity contribution < 1.29 is 0 Å². The molecule has 0 aromatic carbocycles. The van der Waals surface area contributed by atoms with Gasteiger partial charge < -0.3 is 0 Å². The zero-order chi connectivity index (χ0) is 9.10. The van der Waals surface area contributed by atoms with Gasteiger partial charge in [0.1, 0.15) is 0 Å². The molecule has 2 rings (SSSR count). The topological polar surface area (TPSA) is 30.2 Å². The number of pyridine rings is 1. The van der Waals surface area contributed by atoms with E-state index in [0.717, 1.165) is 24.3 Å². The van der Waals surface area contributed by atoms with Crippen molar-refractivity contribution in [2.24, 2.45) is 0 Å². The van der Waals surface area contributed by atoms with Crippen LogP contribution in [0.15, 0.2) is 24.4 Å². The molecule has 13 heavy (non-hydrogen) atoms. The van der Waals surface area contributed by atoms with Crippen molar-refractivity contribution in [3.05, 3.63) is 30.2 Å². The normalized spacial score (nSPS) is 10.8. The second kappa shape index (κ2) is 3.75. The Morgan fingerprint density at radius 1 is 1.38 bits per heavy atom. The van der Waals surface area contributed by atoms with Gasteiger partial charge in [0.15, 0.2) is 11.5 Å². The van der Waals surface area contributed by atoms with Gasteiger partial charge in [-0.3, -0.25) is 0 Å². The molecule has 4 heteroatoms. The van der Waals surface area contributed by atoms with Crippen LogP contribution in [-0.4, -0.2) is 20.5 Å². The Labute approximate surface area is 81.4 Å². The van der Waals surface area contributed by atoms with Gasteiger partial charge in [0.25, 0.3) is 0 Å². The second-order valence-electron chi connectivity index (χ2n) is 2.82. The van der Waals surface area contributed by atoms with Gasteiger partial charge >= 0.3 is 0 Å². The van der Waals surface area contributed by atoms with E-state index < -0.39 is 0 Å². The molecule has 0 saturated carbocycles. The van der Waals surface area contributed by atoms with Crippen LogP contribution in [0, 0.1) is 0 Å². The fourth-order valence-electron chi connectivity index (χ4n) is 1.21. The predicted molar refractivity (Wildman–Crippen MR) is 52.0 cm³/mol. The number of hydrogen-bond donors (Lipinski definition) is 0. The summed E-state index contributed by atoms with van der Waals surface area (Å²) in [6.45, 7) is 0. The summed E-state index contributed by atoms with van der Waals surface area (Å²) < 4.78 is 1.78. The molecule has 2 aromatic heterocycles. The van der Waals surface area contributed by atoms with Gasteiger partial charge in [0, 0.05) is 18.5 Å². The molecule has 0 bridgehead atoms. The Hall–Kier alpha value is -1.09. The number of halogens is 1. The third kappa shape index (κ3) is 1.80. The van der Waals surface area contributed by atoms with Crippen molar-refractivity contribution in [1.29, 1.82) is 0 Å². The van der Waals surface area contributed by atoms with Gasteiger partial charge in [0.2, 0.25) is 0 Å². The number of nitrogens with zero attached hydrogens (tertiary/aromatic N) is 3. The summed E-state index contributed by atoms with van der Waals surface area (Å²) in [5.74, 6) is 1.53. The molecule has 0 unspecified atom stereocenters. The SMILES string of the molecule is ClCCCc1nc2ccccn2n1. The minimum Gasteiger partial charge on any atom is -0.221 e. The van der Waals surface area contributed by atoms with Crippen LogP contribution in [0.5, 0.6) is 0 Å². The highest BCUT2D eigenvalue weighted by Gasteiger charge is 2.00. The molecule has 3 nitrogen and oxygen atoms in total. The molecule has 0 fully saturated rings. The summed E-state index contributed by atoms with van der Waals surface area (Å²) in [5.41, 5.74) is 0.895. The Morgan fingerprint density at radius 3 is 3.08 bits per heavy atom. The molecule has 0 spiro atoms. The number of alkyl halides is 1. The standard InChI is InChI=1S/C9H10ClN3/c10-6-3-4-8-11-9-5-1-2-7-13(9)12-8/h1-2,5,7H,3-4,6H2. The molecule has 2 aromatic rings. The molecule has 2 heterocycles. The minimum absolute atomic E-state index is 0.662. The largest absolute Gasteiger partial charge is 0.221 e. The maximum atomic E-state index is 5.59. The van der Waals surface area contributed by atoms with Crippen molar-refractivity contribution in [1.82, 2.24) is 14.6 Å². The van der Waals surface area contributed by atoms with Crippen LogP contribution in [0.1, 0.15) is 12.2 Å². The van der Waals surface area contributed by atoms with Crippen LogP contribution in [0.2, 0.25) is 0 Å². The summed E-state index contributed by atoms with van der Waals surface area (Å²) in [6.07, 6.45) is 3.68. The lowest BCUT2D eigenvalue weighted by Gasteiger charge is -1.87. The average molecular weight is 196 g/mol. The molecular formula is C9H10ClN3. The Bertz CT molecular complexity index is 363. The first-order valence-electron chi connectivity index (χ1n) is 4.26. The van der Waals surface area contributed by atoms with E-state index in [-0.39, 0.29) is 0 Å². The van der Waals surface area contributed by atoms with Gasteiger partial charge in [-0.15, -0.1) is 11.6 Å². The molecule has 0 radical (unpaired) electrons. The lowest BCUT2D eigenvalue weighted by atomic mass is 10.3. The summed E-state index contributed by atoms with van der Waals surface area (Å²) in [7, 11) is 0. The van der Waals surface area contributed by atoms with Crippen molar-refractivity contribution in [2.75, 3.05) is 5.88 Å². The van der Waals surface area contributed by atoms with E-state index in [9.17, 15) is 0 Å². The van der Waals surface area contributed by atoms with Gasteiger partial charge in [-0.25, -0.2) is 9.50 Å². The van der Waals surface area contributed by atoms with Gasteiger partial charge in [-0.05, 0) is 18.6 Å². The number of hydrogen-bond acceptors (Lipinski definition) is 2. The van der Waals surface area contributed by atoms with E-state index in [1.54, 1.807) is 4.52 Å². The van der Waals surface area contributed by atoms with Crippen LogP contribution >= 0.6 is 11.6 Å². The molecule has 68 valence electrons. The van der Waals surface area contributed by atoms with Crippen LogP contribution in [0.4, 0.5) is 0 Å².